The van der Waals surface area contributed by atoms with Gasteiger partial charge in [-0.05, 0) is 51.4 Å². The van der Waals surface area contributed by atoms with Crippen molar-refractivity contribution in [2.45, 2.75) is 264 Å². The van der Waals surface area contributed by atoms with Crippen molar-refractivity contribution < 1.29 is 32.9 Å². The first-order valence-corrected chi connectivity index (χ1v) is 28.3. The van der Waals surface area contributed by atoms with Gasteiger partial charge in [0, 0.05) is 6.42 Å². The van der Waals surface area contributed by atoms with Crippen LogP contribution in [-0.2, 0) is 18.4 Å². The Morgan fingerprint density at radius 1 is 0.556 bits per heavy atom. The Bertz CT molecular complexity index is 1120. The molecule has 0 saturated carbocycles. The van der Waals surface area contributed by atoms with E-state index in [1.807, 2.05) is 21.1 Å². The van der Waals surface area contributed by atoms with Crippen LogP contribution in [0.3, 0.4) is 0 Å². The molecule has 63 heavy (non-hydrogen) atoms. The molecule has 372 valence electrons. The maximum absolute atomic E-state index is 12.8. The van der Waals surface area contributed by atoms with E-state index >= 15 is 0 Å². The van der Waals surface area contributed by atoms with Gasteiger partial charge in [0.05, 0.1) is 39.9 Å². The van der Waals surface area contributed by atoms with E-state index in [4.69, 9.17) is 9.05 Å². The van der Waals surface area contributed by atoms with Crippen LogP contribution in [0.4, 0.5) is 0 Å². The summed E-state index contributed by atoms with van der Waals surface area (Å²) in [5, 5.41) is 13.8. The fourth-order valence-electron chi connectivity index (χ4n) is 7.87. The summed E-state index contributed by atoms with van der Waals surface area (Å²) in [5.41, 5.74) is 0. The number of aliphatic hydroxyl groups is 1. The largest absolute Gasteiger partial charge is 0.756 e. The van der Waals surface area contributed by atoms with Crippen LogP contribution < -0.4 is 10.2 Å². The van der Waals surface area contributed by atoms with Gasteiger partial charge in [-0.15, -0.1) is 0 Å². The number of rotatable bonds is 49. The molecule has 8 nitrogen and oxygen atoms in total. The molecule has 3 unspecified atom stereocenters. The number of aliphatic hydroxyl groups excluding tert-OH is 1. The van der Waals surface area contributed by atoms with E-state index in [1.165, 1.54) is 173 Å². The zero-order chi connectivity index (χ0) is 46.4. The maximum Gasteiger partial charge on any atom is 0.268 e. The highest BCUT2D eigenvalue weighted by Gasteiger charge is 2.24. The number of hydrogen-bond donors (Lipinski definition) is 2. The average molecular weight is 909 g/mol. The van der Waals surface area contributed by atoms with E-state index in [1.54, 1.807) is 0 Å². The van der Waals surface area contributed by atoms with Crippen LogP contribution in [0.2, 0.25) is 0 Å². The van der Waals surface area contributed by atoms with E-state index in [0.29, 0.717) is 23.9 Å². The van der Waals surface area contributed by atoms with Gasteiger partial charge in [0.2, 0.25) is 5.91 Å². The topological polar surface area (TPSA) is 108 Å². The Kier molecular flexibility index (Phi) is 44.9. The third-order valence-electron chi connectivity index (χ3n) is 12.1. The van der Waals surface area contributed by atoms with Crippen molar-refractivity contribution in [2.24, 2.45) is 0 Å². The van der Waals surface area contributed by atoms with E-state index in [9.17, 15) is 19.4 Å². The van der Waals surface area contributed by atoms with Crippen molar-refractivity contribution in [3.8, 4) is 0 Å². The van der Waals surface area contributed by atoms with Crippen LogP contribution in [0.1, 0.15) is 251 Å². The molecule has 0 aromatic carbocycles. The molecule has 0 saturated heterocycles. The molecule has 2 N–H and O–H groups in total. The highest BCUT2D eigenvalue weighted by atomic mass is 31.2. The van der Waals surface area contributed by atoms with Crippen LogP contribution in [0.15, 0.2) is 36.5 Å². The second-order valence-corrected chi connectivity index (χ2v) is 21.0. The molecular formula is C54H105N2O6P. The molecule has 0 bridgehead atoms. The molecule has 0 rings (SSSR count). The second kappa shape index (κ2) is 45.9. The van der Waals surface area contributed by atoms with Gasteiger partial charge in [-0.25, -0.2) is 0 Å². The second-order valence-electron chi connectivity index (χ2n) is 19.6. The summed E-state index contributed by atoms with van der Waals surface area (Å²) in [6, 6.07) is -0.795. The quantitative estimate of drug-likeness (QED) is 0.0272. The van der Waals surface area contributed by atoms with Gasteiger partial charge in [-0.2, -0.15) is 0 Å². The normalized spacial score (nSPS) is 14.3. The molecule has 0 radical (unpaired) electrons. The Morgan fingerprint density at radius 3 is 1.33 bits per heavy atom. The number of unbranched alkanes of at least 4 members (excludes halogenated alkanes) is 30. The number of carbonyl (C=O) groups excluding carboxylic acids is 1. The lowest BCUT2D eigenvalue weighted by Crippen LogP contribution is -2.46. The summed E-state index contributed by atoms with van der Waals surface area (Å²) in [4.78, 5) is 25.2. The van der Waals surface area contributed by atoms with Gasteiger partial charge in [0.25, 0.3) is 7.82 Å². The zero-order valence-electron chi connectivity index (χ0n) is 42.3. The molecule has 0 aliphatic carbocycles. The predicted octanol–water partition coefficient (Wildman–Crippen LogP) is 15.2. The van der Waals surface area contributed by atoms with Crippen molar-refractivity contribution >= 4 is 13.7 Å². The van der Waals surface area contributed by atoms with E-state index in [0.717, 1.165) is 51.4 Å². The molecule has 0 aliphatic heterocycles. The van der Waals surface area contributed by atoms with Crippen LogP contribution in [-0.4, -0.2) is 68.5 Å². The number of amides is 1. The van der Waals surface area contributed by atoms with Crippen LogP contribution >= 0.6 is 7.82 Å². The molecular weight excluding hydrogens is 804 g/mol. The van der Waals surface area contributed by atoms with Crippen molar-refractivity contribution in [1.82, 2.24) is 5.32 Å². The van der Waals surface area contributed by atoms with Gasteiger partial charge in [-0.3, -0.25) is 9.36 Å². The Labute approximate surface area is 391 Å². The molecule has 0 aliphatic rings. The zero-order valence-corrected chi connectivity index (χ0v) is 43.2. The third-order valence-corrected chi connectivity index (χ3v) is 13.1. The summed E-state index contributed by atoms with van der Waals surface area (Å²) < 4.78 is 23.2. The number of allylic oxidation sites excluding steroid dienone is 6. The Balaban J connectivity index is 3.79. The lowest BCUT2D eigenvalue weighted by molar-refractivity contribution is -0.870. The van der Waals surface area contributed by atoms with Gasteiger partial charge in [0.1, 0.15) is 13.2 Å². The lowest BCUT2D eigenvalue weighted by atomic mass is 10.0. The molecule has 0 fully saturated rings. The van der Waals surface area contributed by atoms with Crippen molar-refractivity contribution in [3.63, 3.8) is 0 Å². The number of hydrogen-bond acceptors (Lipinski definition) is 6. The van der Waals surface area contributed by atoms with Gasteiger partial charge < -0.3 is 28.8 Å². The molecule has 0 heterocycles. The minimum atomic E-state index is -4.55. The summed E-state index contributed by atoms with van der Waals surface area (Å²) in [5.74, 6) is -0.168. The summed E-state index contributed by atoms with van der Waals surface area (Å²) >= 11 is 0. The SMILES string of the molecule is CCCCCCC/C=C\C/C=C\C/C=C\CCCCCCCCCCCCCCCCCCCCCCC(=O)NC(COP(=O)([O-])OCC[N+](C)(C)C)C(O)CCCCCCCC. The molecule has 3 atom stereocenters. The van der Waals surface area contributed by atoms with Crippen LogP contribution in [0.5, 0.6) is 0 Å². The Hall–Kier alpha value is -1.28. The average Bonchev–Trinajstić information content (AvgIpc) is 3.24. The highest BCUT2D eigenvalue weighted by Crippen LogP contribution is 2.38. The lowest BCUT2D eigenvalue weighted by Gasteiger charge is -2.30. The number of phosphoric ester groups is 1. The van der Waals surface area contributed by atoms with Crippen LogP contribution in [0.25, 0.3) is 0 Å². The van der Waals surface area contributed by atoms with Crippen molar-refractivity contribution in [2.75, 3.05) is 40.9 Å². The first kappa shape index (κ1) is 61.7. The summed E-state index contributed by atoms with van der Waals surface area (Å²) in [6.45, 7) is 4.65. The minimum absolute atomic E-state index is 0.0127. The fourth-order valence-corrected chi connectivity index (χ4v) is 8.59. The molecule has 9 heteroatoms. The van der Waals surface area contributed by atoms with Crippen molar-refractivity contribution in [1.29, 1.82) is 0 Å². The number of likely N-dealkylation sites (N-methyl/N-ethyl adjacent to an activating group) is 1. The maximum atomic E-state index is 12.8. The number of quaternary nitrogens is 1. The first-order valence-electron chi connectivity index (χ1n) is 26.8. The number of phosphoric acid groups is 1. The molecule has 0 spiro atoms. The summed E-state index contributed by atoms with van der Waals surface area (Å²) in [7, 11) is 1.31. The third kappa shape index (κ3) is 48.5. The highest BCUT2D eigenvalue weighted by molar-refractivity contribution is 7.45. The monoisotopic (exact) mass is 909 g/mol. The Morgan fingerprint density at radius 2 is 0.921 bits per heavy atom. The predicted molar refractivity (Wildman–Crippen MR) is 270 cm³/mol. The number of nitrogens with zero attached hydrogens (tertiary/aromatic N) is 1. The molecule has 1 amide bonds. The first-order chi connectivity index (χ1) is 30.5. The van der Waals surface area contributed by atoms with Crippen molar-refractivity contribution in [3.05, 3.63) is 36.5 Å². The summed E-state index contributed by atoms with van der Waals surface area (Å²) in [6.07, 6.45) is 58.0. The number of nitrogens with one attached hydrogen (secondary N) is 1. The van der Waals surface area contributed by atoms with Gasteiger partial charge in [-0.1, -0.05) is 230 Å². The number of carbonyl (C=O) groups is 1. The van der Waals surface area contributed by atoms with Gasteiger partial charge in [0.15, 0.2) is 0 Å². The standard InChI is InChI=1S/C54H105N2O6P/c1-6-8-10-12-14-15-16-17-18-19-20-21-22-23-24-25-26-27-28-29-30-31-32-33-34-35-36-37-38-39-40-41-42-44-46-48-54(58)55-52(53(57)47-45-43-13-11-9-7-2)51-62-63(59,60)61-50-49-56(3,4)5/h16-17,19-20,22-23,52-53,57H,6-15,18,21,24-51H2,1-5H3,(H-,55,58,59,60)/b17-16-,20-19-,23-22-. The minimum Gasteiger partial charge on any atom is -0.756 e. The molecule has 0 aromatic rings. The van der Waals surface area contributed by atoms with Crippen LogP contribution in [0, 0.1) is 0 Å². The molecule has 0 aromatic heterocycles. The van der Waals surface area contributed by atoms with E-state index in [-0.39, 0.29) is 19.1 Å². The van der Waals surface area contributed by atoms with E-state index < -0.39 is 20.0 Å². The van der Waals surface area contributed by atoms with Gasteiger partial charge >= 0.3 is 0 Å². The fraction of sp³-hybridized carbons (Fsp3) is 0.870. The van der Waals surface area contributed by atoms with E-state index in [2.05, 4.69) is 55.6 Å². The smallest absolute Gasteiger partial charge is 0.268 e.